The zero-order chi connectivity index (χ0) is 25.6. The van der Waals surface area contributed by atoms with Crippen LogP contribution in [0.1, 0.15) is 64.0 Å². The predicted octanol–water partition coefficient (Wildman–Crippen LogP) is 3.10. The van der Waals surface area contributed by atoms with E-state index < -0.39 is 11.6 Å². The predicted molar refractivity (Wildman–Crippen MR) is 134 cm³/mol. The van der Waals surface area contributed by atoms with Gasteiger partial charge in [0.05, 0.1) is 43.3 Å². The second kappa shape index (κ2) is 12.6. The third-order valence-electron chi connectivity index (χ3n) is 5.47. The van der Waals surface area contributed by atoms with E-state index in [0.29, 0.717) is 30.6 Å². The number of amides is 1. The number of aromatic nitrogens is 2. The number of methoxy groups -OCH3 is 2. The van der Waals surface area contributed by atoms with Gasteiger partial charge >= 0.3 is 18.0 Å². The number of nitrogens with zero attached hydrogens (tertiary/aromatic N) is 3. The molecule has 0 spiro atoms. The molecule has 0 atom stereocenters. The molecule has 0 saturated heterocycles. The first kappa shape index (κ1) is 29.0. The third-order valence-corrected chi connectivity index (χ3v) is 5.47. The Morgan fingerprint density at radius 1 is 0.917 bits per heavy atom. The van der Waals surface area contributed by atoms with E-state index in [1.165, 1.54) is 20.4 Å². The molecule has 2 aromatic heterocycles. The fourth-order valence-corrected chi connectivity index (χ4v) is 3.70. The van der Waals surface area contributed by atoms with Crippen LogP contribution in [0.3, 0.4) is 0 Å². The first-order chi connectivity index (χ1) is 16.6. The quantitative estimate of drug-likeness (QED) is 0.470. The molecule has 0 unspecified atom stereocenters. The van der Waals surface area contributed by atoms with Gasteiger partial charge in [-0.2, -0.15) is 0 Å². The lowest BCUT2D eigenvalue weighted by Gasteiger charge is -2.30. The van der Waals surface area contributed by atoms with Crippen LogP contribution in [-0.4, -0.2) is 65.8 Å². The molecule has 4 rings (SSSR count). The van der Waals surface area contributed by atoms with Crippen molar-refractivity contribution in [1.29, 1.82) is 0 Å². The Labute approximate surface area is 217 Å². The molecule has 10 nitrogen and oxygen atoms in total. The number of fused-ring (bicyclic) bond motifs is 2. The highest BCUT2D eigenvalue weighted by atomic mass is 35.5. The molecule has 11 heteroatoms. The van der Waals surface area contributed by atoms with E-state index >= 15 is 0 Å². The number of nitrogens with one attached hydrogen (secondary N) is 1. The minimum Gasteiger partial charge on any atom is -0.465 e. The zero-order valence-electron chi connectivity index (χ0n) is 21.3. The van der Waals surface area contributed by atoms with Crippen molar-refractivity contribution in [3.63, 3.8) is 0 Å². The second-order valence-electron chi connectivity index (χ2n) is 9.22. The van der Waals surface area contributed by atoms with E-state index in [9.17, 15) is 14.4 Å². The van der Waals surface area contributed by atoms with Crippen LogP contribution in [0, 0.1) is 0 Å². The summed E-state index contributed by atoms with van der Waals surface area (Å²) in [6.45, 7) is 8.19. The minimum absolute atomic E-state index is 0. The van der Waals surface area contributed by atoms with Gasteiger partial charge in [0.2, 0.25) is 0 Å². The molecule has 36 heavy (non-hydrogen) atoms. The average Bonchev–Trinajstić information content (AvgIpc) is 2.86. The molecule has 0 fully saturated rings. The van der Waals surface area contributed by atoms with E-state index in [1.807, 2.05) is 26.8 Å². The first-order valence-corrected chi connectivity index (χ1v) is 11.4. The fourth-order valence-electron chi connectivity index (χ4n) is 3.70. The molecule has 0 aromatic carbocycles. The van der Waals surface area contributed by atoms with Crippen LogP contribution >= 0.6 is 12.4 Å². The molecule has 2 aromatic rings. The van der Waals surface area contributed by atoms with Crippen molar-refractivity contribution in [1.82, 2.24) is 20.2 Å². The summed E-state index contributed by atoms with van der Waals surface area (Å²) >= 11 is 0. The summed E-state index contributed by atoms with van der Waals surface area (Å²) in [6.07, 6.45) is 4.27. The topological polar surface area (TPSA) is 120 Å². The number of carbonyl (C=O) groups is 3. The van der Waals surface area contributed by atoms with E-state index in [2.05, 4.69) is 24.8 Å². The van der Waals surface area contributed by atoms with E-state index in [-0.39, 0.29) is 24.5 Å². The van der Waals surface area contributed by atoms with Crippen LogP contribution in [0.25, 0.3) is 0 Å². The fraction of sp³-hybridized carbons (Fsp3) is 0.480. The second-order valence-corrected chi connectivity index (χ2v) is 9.22. The SMILES string of the molecule is COC(=O)c1cnc2c(c1)CCN(C(=O)OC(C)(C)C)C2.COC(=O)c1cnc2c(c1)CCNC2.Cl. The van der Waals surface area contributed by atoms with Gasteiger partial charge in [0.25, 0.3) is 0 Å². The lowest BCUT2D eigenvalue weighted by molar-refractivity contribution is 0.0220. The Bertz CT molecular complexity index is 1100. The minimum atomic E-state index is -0.514. The van der Waals surface area contributed by atoms with E-state index in [4.69, 9.17) is 4.74 Å². The molecule has 1 amide bonds. The lowest BCUT2D eigenvalue weighted by Crippen LogP contribution is -2.40. The van der Waals surface area contributed by atoms with Crippen molar-refractivity contribution in [3.8, 4) is 0 Å². The van der Waals surface area contributed by atoms with Crippen molar-refractivity contribution in [3.05, 3.63) is 58.2 Å². The number of esters is 2. The van der Waals surface area contributed by atoms with Crippen LogP contribution in [0.5, 0.6) is 0 Å². The molecule has 0 saturated carbocycles. The van der Waals surface area contributed by atoms with Crippen LogP contribution in [-0.2, 0) is 40.1 Å². The Morgan fingerprint density at radius 3 is 2.03 bits per heavy atom. The molecular weight excluding hydrogens is 488 g/mol. The Morgan fingerprint density at radius 2 is 1.47 bits per heavy atom. The zero-order valence-corrected chi connectivity index (χ0v) is 22.1. The molecule has 0 aliphatic carbocycles. The van der Waals surface area contributed by atoms with Gasteiger partial charge in [-0.25, -0.2) is 14.4 Å². The Balaban J connectivity index is 0.000000265. The molecule has 2 aliphatic heterocycles. The van der Waals surface area contributed by atoms with Crippen molar-refractivity contribution in [2.45, 2.75) is 52.3 Å². The van der Waals surface area contributed by atoms with Crippen LogP contribution in [0.15, 0.2) is 24.5 Å². The number of carbonyl (C=O) groups excluding carboxylic acids is 3. The number of halogens is 1. The molecule has 4 heterocycles. The van der Waals surface area contributed by atoms with Gasteiger partial charge in [-0.15, -0.1) is 12.4 Å². The van der Waals surface area contributed by atoms with Gasteiger partial charge in [0.1, 0.15) is 5.60 Å². The normalized spacial score (nSPS) is 14.1. The van der Waals surface area contributed by atoms with Gasteiger partial charge in [-0.05, 0) is 63.4 Å². The highest BCUT2D eigenvalue weighted by molar-refractivity contribution is 5.89. The number of hydrogen-bond donors (Lipinski definition) is 1. The number of hydrogen-bond acceptors (Lipinski definition) is 9. The Kier molecular flexibility index (Phi) is 10.2. The first-order valence-electron chi connectivity index (χ1n) is 11.4. The third kappa shape index (κ3) is 7.63. The molecule has 1 N–H and O–H groups in total. The number of rotatable bonds is 2. The number of ether oxygens (including phenoxy) is 3. The maximum atomic E-state index is 12.0. The summed E-state index contributed by atoms with van der Waals surface area (Å²) in [6, 6.07) is 3.65. The van der Waals surface area contributed by atoms with Crippen LogP contribution in [0.4, 0.5) is 4.79 Å². The Hall–Kier alpha value is -3.24. The molecule has 0 radical (unpaired) electrons. The van der Waals surface area contributed by atoms with Gasteiger partial charge in [-0.1, -0.05) is 0 Å². The summed E-state index contributed by atoms with van der Waals surface area (Å²) in [5.41, 5.74) is 4.39. The van der Waals surface area contributed by atoms with E-state index in [0.717, 1.165) is 42.0 Å². The average molecular weight is 521 g/mol. The highest BCUT2D eigenvalue weighted by Gasteiger charge is 2.27. The smallest absolute Gasteiger partial charge is 0.410 e. The maximum absolute atomic E-state index is 12.0. The summed E-state index contributed by atoms with van der Waals surface area (Å²) in [7, 11) is 2.72. The number of pyridine rings is 2. The molecule has 0 bridgehead atoms. The largest absolute Gasteiger partial charge is 0.465 e. The van der Waals surface area contributed by atoms with Crippen molar-refractivity contribution >= 4 is 30.4 Å². The highest BCUT2D eigenvalue weighted by Crippen LogP contribution is 2.21. The molecule has 196 valence electrons. The standard InChI is InChI=1S/C15H20N2O4.C10H12N2O2.ClH/c1-15(2,3)21-14(19)17-6-5-10-7-11(13(18)20-4)8-16-12(10)9-17;1-14-10(13)8-4-7-2-3-11-6-9(7)12-5-8;/h7-8H,5-6,9H2,1-4H3;4-5,11H,2-3,6H2,1H3;1H. The van der Waals surface area contributed by atoms with Gasteiger partial charge in [0.15, 0.2) is 0 Å². The van der Waals surface area contributed by atoms with Gasteiger partial charge in [-0.3, -0.25) is 9.97 Å². The molecule has 2 aliphatic rings. The van der Waals surface area contributed by atoms with Gasteiger partial charge < -0.3 is 24.4 Å². The van der Waals surface area contributed by atoms with Gasteiger partial charge in [0, 0.05) is 25.5 Å². The summed E-state index contributed by atoms with van der Waals surface area (Å²) in [5.74, 6) is -0.723. The van der Waals surface area contributed by atoms with Crippen molar-refractivity contribution < 1.29 is 28.6 Å². The molecular formula is C25H33ClN4O6. The summed E-state index contributed by atoms with van der Waals surface area (Å²) < 4.78 is 14.7. The van der Waals surface area contributed by atoms with E-state index in [1.54, 1.807) is 17.2 Å². The monoisotopic (exact) mass is 520 g/mol. The maximum Gasteiger partial charge on any atom is 0.410 e. The van der Waals surface area contributed by atoms with Crippen LogP contribution < -0.4 is 5.32 Å². The van der Waals surface area contributed by atoms with Crippen molar-refractivity contribution in [2.24, 2.45) is 0 Å². The van der Waals surface area contributed by atoms with Crippen molar-refractivity contribution in [2.75, 3.05) is 27.3 Å². The summed E-state index contributed by atoms with van der Waals surface area (Å²) in [5, 5.41) is 3.22. The summed E-state index contributed by atoms with van der Waals surface area (Å²) in [4.78, 5) is 44.9. The van der Waals surface area contributed by atoms with Crippen LogP contribution in [0.2, 0.25) is 0 Å². The lowest BCUT2D eigenvalue weighted by atomic mass is 10.0.